The molecule has 3 rings (SSSR count). The molecule has 1 N–H and O–H groups in total. The van der Waals surface area contributed by atoms with Gasteiger partial charge in [0.2, 0.25) is 0 Å². The van der Waals surface area contributed by atoms with E-state index < -0.39 is 0 Å². The molecule has 0 saturated carbocycles. The van der Waals surface area contributed by atoms with Gasteiger partial charge in [0.05, 0.1) is 6.42 Å². The number of imidazole rings is 1. The van der Waals surface area contributed by atoms with Crippen LogP contribution in [0.1, 0.15) is 33.7 Å². The Bertz CT molecular complexity index is 543. The average molecular weight is 226 g/mol. The predicted octanol–water partition coefficient (Wildman–Crippen LogP) is 2.32. The molecular weight excluding hydrogens is 212 g/mol. The van der Waals surface area contributed by atoms with Crippen LogP contribution in [0, 0.1) is 0 Å². The standard InChI is InChI=1S/C14H14N2O/c17-13(9-14-15-6-7-16-14)12-5-4-10-2-1-3-11(10)8-12/h4-8H,1-3,9H2,(H,15,16). The Balaban J connectivity index is 1.82. The topological polar surface area (TPSA) is 45.8 Å². The molecule has 17 heavy (non-hydrogen) atoms. The number of H-pyrrole nitrogens is 1. The second-order valence-electron chi connectivity index (χ2n) is 4.47. The summed E-state index contributed by atoms with van der Waals surface area (Å²) >= 11 is 0. The van der Waals surface area contributed by atoms with Gasteiger partial charge in [-0.3, -0.25) is 4.79 Å². The maximum atomic E-state index is 12.1. The van der Waals surface area contributed by atoms with Gasteiger partial charge < -0.3 is 4.98 Å². The van der Waals surface area contributed by atoms with Crippen molar-refractivity contribution in [3.05, 3.63) is 53.1 Å². The van der Waals surface area contributed by atoms with E-state index >= 15 is 0 Å². The summed E-state index contributed by atoms with van der Waals surface area (Å²) in [5, 5.41) is 0. The van der Waals surface area contributed by atoms with Gasteiger partial charge in [0.1, 0.15) is 5.82 Å². The number of aromatic nitrogens is 2. The Morgan fingerprint density at radius 1 is 1.29 bits per heavy atom. The third kappa shape index (κ3) is 2.00. The molecule has 3 nitrogen and oxygen atoms in total. The van der Waals surface area contributed by atoms with Gasteiger partial charge in [-0.2, -0.15) is 0 Å². The van der Waals surface area contributed by atoms with Gasteiger partial charge in [-0.1, -0.05) is 12.1 Å². The summed E-state index contributed by atoms with van der Waals surface area (Å²) in [6.07, 6.45) is 7.24. The number of ketones is 1. The SMILES string of the molecule is O=C(Cc1ncc[nH]1)c1ccc2c(c1)CCC2. The largest absolute Gasteiger partial charge is 0.348 e. The number of Topliss-reactive ketones (excluding diaryl/α,β-unsaturated/α-hetero) is 1. The lowest BCUT2D eigenvalue weighted by molar-refractivity contribution is 0.0991. The number of rotatable bonds is 3. The van der Waals surface area contributed by atoms with E-state index in [1.165, 1.54) is 17.5 Å². The van der Waals surface area contributed by atoms with Crippen LogP contribution in [0.2, 0.25) is 0 Å². The van der Waals surface area contributed by atoms with Crippen LogP contribution in [-0.2, 0) is 19.3 Å². The van der Waals surface area contributed by atoms with Crippen molar-refractivity contribution in [3.8, 4) is 0 Å². The number of carbonyl (C=O) groups is 1. The average Bonchev–Trinajstić information content (AvgIpc) is 2.97. The van der Waals surface area contributed by atoms with Crippen LogP contribution >= 0.6 is 0 Å². The molecular formula is C14H14N2O. The first-order valence-corrected chi connectivity index (χ1v) is 5.96. The van der Waals surface area contributed by atoms with E-state index in [0.717, 1.165) is 24.2 Å². The van der Waals surface area contributed by atoms with Crippen molar-refractivity contribution in [2.24, 2.45) is 0 Å². The summed E-state index contributed by atoms with van der Waals surface area (Å²) in [4.78, 5) is 19.1. The lowest BCUT2D eigenvalue weighted by Gasteiger charge is -2.03. The number of nitrogens with one attached hydrogen (secondary N) is 1. The summed E-state index contributed by atoms with van der Waals surface area (Å²) in [6, 6.07) is 6.08. The van der Waals surface area contributed by atoms with Gasteiger partial charge in [0.15, 0.2) is 5.78 Å². The van der Waals surface area contributed by atoms with Gasteiger partial charge >= 0.3 is 0 Å². The van der Waals surface area contributed by atoms with E-state index in [9.17, 15) is 4.79 Å². The number of aromatic amines is 1. The first-order chi connectivity index (χ1) is 8.33. The van der Waals surface area contributed by atoms with Gasteiger partial charge in [-0.15, -0.1) is 0 Å². The van der Waals surface area contributed by atoms with Crippen LogP contribution < -0.4 is 0 Å². The minimum Gasteiger partial charge on any atom is -0.348 e. The third-order valence-corrected chi connectivity index (χ3v) is 3.30. The highest BCUT2D eigenvalue weighted by atomic mass is 16.1. The molecule has 1 heterocycles. The van der Waals surface area contributed by atoms with Crippen LogP contribution in [0.15, 0.2) is 30.6 Å². The molecule has 86 valence electrons. The molecule has 0 aliphatic heterocycles. The monoisotopic (exact) mass is 226 g/mol. The van der Waals surface area contributed by atoms with Crippen LogP contribution in [0.3, 0.4) is 0 Å². The number of aryl methyl sites for hydroxylation is 2. The highest BCUT2D eigenvalue weighted by molar-refractivity contribution is 5.97. The summed E-state index contributed by atoms with van der Waals surface area (Å²) in [5.74, 6) is 0.866. The zero-order chi connectivity index (χ0) is 11.7. The quantitative estimate of drug-likeness (QED) is 0.816. The third-order valence-electron chi connectivity index (χ3n) is 3.30. The van der Waals surface area contributed by atoms with Crippen LogP contribution in [-0.4, -0.2) is 15.8 Å². The maximum Gasteiger partial charge on any atom is 0.170 e. The van der Waals surface area contributed by atoms with Gasteiger partial charge in [-0.25, -0.2) is 4.98 Å². The number of benzene rings is 1. The fraction of sp³-hybridized carbons (Fsp3) is 0.286. The van der Waals surface area contributed by atoms with Crippen LogP contribution in [0.5, 0.6) is 0 Å². The Kier molecular flexibility index (Phi) is 2.52. The molecule has 0 atom stereocenters. The minimum atomic E-state index is 0.134. The second kappa shape index (κ2) is 4.17. The second-order valence-corrected chi connectivity index (χ2v) is 4.47. The predicted molar refractivity (Wildman–Crippen MR) is 65.1 cm³/mol. The molecule has 0 bridgehead atoms. The lowest BCUT2D eigenvalue weighted by Crippen LogP contribution is -2.05. The highest BCUT2D eigenvalue weighted by Gasteiger charge is 2.14. The molecule has 1 aliphatic rings. The van der Waals surface area contributed by atoms with Crippen molar-refractivity contribution >= 4 is 5.78 Å². The summed E-state index contributed by atoms with van der Waals surface area (Å²) in [5.41, 5.74) is 3.55. The molecule has 0 saturated heterocycles. The van der Waals surface area contributed by atoms with E-state index in [2.05, 4.69) is 16.0 Å². The van der Waals surface area contributed by atoms with Crippen LogP contribution in [0.25, 0.3) is 0 Å². The van der Waals surface area contributed by atoms with Crippen molar-refractivity contribution in [2.75, 3.05) is 0 Å². The molecule has 1 aromatic carbocycles. The zero-order valence-electron chi connectivity index (χ0n) is 9.57. The number of hydrogen-bond acceptors (Lipinski definition) is 2. The number of fused-ring (bicyclic) bond motifs is 1. The Labute approximate surface area is 99.9 Å². The summed E-state index contributed by atoms with van der Waals surface area (Å²) in [6.45, 7) is 0. The minimum absolute atomic E-state index is 0.134. The van der Waals surface area contributed by atoms with Crippen molar-refractivity contribution in [1.29, 1.82) is 0 Å². The molecule has 0 fully saturated rings. The van der Waals surface area contributed by atoms with Crippen molar-refractivity contribution in [2.45, 2.75) is 25.7 Å². The van der Waals surface area contributed by atoms with E-state index in [0.29, 0.717) is 6.42 Å². The Morgan fingerprint density at radius 3 is 3.00 bits per heavy atom. The molecule has 3 heteroatoms. The normalized spacial score (nSPS) is 13.6. The van der Waals surface area contributed by atoms with Gasteiger partial charge in [-0.05, 0) is 36.5 Å². The molecule has 1 aromatic heterocycles. The zero-order valence-corrected chi connectivity index (χ0v) is 9.57. The number of hydrogen-bond donors (Lipinski definition) is 1. The first kappa shape index (κ1) is 10.3. The molecule has 0 amide bonds. The smallest absolute Gasteiger partial charge is 0.170 e. The van der Waals surface area contributed by atoms with Crippen molar-refractivity contribution in [1.82, 2.24) is 9.97 Å². The molecule has 1 aliphatic carbocycles. The summed E-state index contributed by atoms with van der Waals surface area (Å²) in [7, 11) is 0. The van der Waals surface area contributed by atoms with E-state index in [4.69, 9.17) is 0 Å². The molecule has 2 aromatic rings. The van der Waals surface area contributed by atoms with Crippen LogP contribution in [0.4, 0.5) is 0 Å². The lowest BCUT2D eigenvalue weighted by atomic mass is 10.0. The molecule has 0 spiro atoms. The fourth-order valence-electron chi connectivity index (χ4n) is 2.39. The van der Waals surface area contributed by atoms with Gasteiger partial charge in [0.25, 0.3) is 0 Å². The first-order valence-electron chi connectivity index (χ1n) is 5.96. The van der Waals surface area contributed by atoms with E-state index in [-0.39, 0.29) is 5.78 Å². The van der Waals surface area contributed by atoms with Crippen molar-refractivity contribution in [3.63, 3.8) is 0 Å². The fourth-order valence-corrected chi connectivity index (χ4v) is 2.39. The van der Waals surface area contributed by atoms with Gasteiger partial charge in [0, 0.05) is 18.0 Å². The molecule has 0 unspecified atom stereocenters. The highest BCUT2D eigenvalue weighted by Crippen LogP contribution is 2.23. The Morgan fingerprint density at radius 2 is 2.18 bits per heavy atom. The Hall–Kier alpha value is -1.90. The number of nitrogens with zero attached hydrogens (tertiary/aromatic N) is 1. The maximum absolute atomic E-state index is 12.1. The van der Waals surface area contributed by atoms with Crippen molar-refractivity contribution < 1.29 is 4.79 Å². The molecule has 0 radical (unpaired) electrons. The van der Waals surface area contributed by atoms with E-state index in [1.54, 1.807) is 12.4 Å². The number of carbonyl (C=O) groups excluding carboxylic acids is 1. The summed E-state index contributed by atoms with van der Waals surface area (Å²) < 4.78 is 0. The van der Waals surface area contributed by atoms with E-state index in [1.807, 2.05) is 12.1 Å².